The Morgan fingerprint density at radius 1 is 1.21 bits per heavy atom. The molecule has 0 N–H and O–H groups in total. The van der Waals surface area contributed by atoms with E-state index in [-0.39, 0.29) is 5.57 Å². The molecule has 0 amide bonds. The highest BCUT2D eigenvalue weighted by Gasteiger charge is 2.29. The Hall–Kier alpha value is -0.770. The maximum atomic E-state index is 12.0. The number of rotatable bonds is 5. The van der Waals surface area contributed by atoms with Crippen molar-refractivity contribution in [3.8, 4) is 0 Å². The van der Waals surface area contributed by atoms with Crippen molar-refractivity contribution in [2.45, 2.75) is 13.8 Å². The van der Waals surface area contributed by atoms with Gasteiger partial charge in [0.15, 0.2) is 0 Å². The zero-order valence-electron chi connectivity index (χ0n) is 8.21. The molecule has 5 nitrogen and oxygen atoms in total. The summed E-state index contributed by atoms with van der Waals surface area (Å²) in [6, 6.07) is 1.64. The van der Waals surface area contributed by atoms with Crippen molar-refractivity contribution in [3.63, 3.8) is 0 Å². The molecule has 0 aromatic carbocycles. The molecule has 0 atom stereocenters. The van der Waals surface area contributed by atoms with Crippen LogP contribution >= 0.6 is 7.60 Å². The molecule has 0 unspecified atom stereocenters. The minimum atomic E-state index is -3.29. The van der Waals surface area contributed by atoms with Gasteiger partial charge in [-0.25, -0.2) is 9.97 Å². The number of hydrogen-bond donors (Lipinski definition) is 0. The van der Waals surface area contributed by atoms with Gasteiger partial charge in [0.2, 0.25) is 5.57 Å². The van der Waals surface area contributed by atoms with Crippen LogP contribution in [-0.4, -0.2) is 23.2 Å². The minimum absolute atomic E-state index is 0.115. The van der Waals surface area contributed by atoms with Gasteiger partial charge in [-0.2, -0.15) is 0 Å². The Bertz CT molecular complexity index is 308. The third-order valence-electron chi connectivity index (χ3n) is 1.40. The zero-order valence-corrected chi connectivity index (χ0v) is 9.11. The molecule has 0 spiro atoms. The standard InChI is InChI=1S/C8H13N2O3P/c1-3-12-14(11,13-4-2)8-9-6-5-7-10-8/h5-7H,3-4H2,1-2H3. The Morgan fingerprint density at radius 3 is 2.14 bits per heavy atom. The lowest BCUT2D eigenvalue weighted by Crippen LogP contribution is -2.17. The molecule has 1 aromatic heterocycles. The van der Waals surface area contributed by atoms with Gasteiger partial charge in [0.25, 0.3) is 0 Å². The lowest BCUT2D eigenvalue weighted by molar-refractivity contribution is 0.228. The van der Waals surface area contributed by atoms with Crippen LogP contribution in [0.2, 0.25) is 0 Å². The molecule has 1 rings (SSSR count). The van der Waals surface area contributed by atoms with E-state index in [4.69, 9.17) is 9.05 Å². The smallest absolute Gasteiger partial charge is 0.303 e. The fraction of sp³-hybridized carbons (Fsp3) is 0.500. The van der Waals surface area contributed by atoms with Crippen LogP contribution in [0.3, 0.4) is 0 Å². The van der Waals surface area contributed by atoms with E-state index in [1.807, 2.05) is 0 Å². The van der Waals surface area contributed by atoms with E-state index in [0.29, 0.717) is 13.2 Å². The van der Waals surface area contributed by atoms with Crippen molar-refractivity contribution in [2.75, 3.05) is 13.2 Å². The Kier molecular flexibility index (Phi) is 4.20. The van der Waals surface area contributed by atoms with E-state index in [1.54, 1.807) is 19.9 Å². The molecule has 0 aliphatic rings. The summed E-state index contributed by atoms with van der Waals surface area (Å²) in [5.41, 5.74) is 0.115. The molecule has 0 saturated carbocycles. The molecular formula is C8H13N2O3P. The lowest BCUT2D eigenvalue weighted by Gasteiger charge is -2.14. The average molecular weight is 216 g/mol. The predicted octanol–water partition coefficient (Wildman–Crippen LogP) is 1.37. The summed E-state index contributed by atoms with van der Waals surface area (Å²) in [6.07, 6.45) is 3.01. The summed E-state index contributed by atoms with van der Waals surface area (Å²) in [5, 5.41) is 0. The van der Waals surface area contributed by atoms with Crippen molar-refractivity contribution in [3.05, 3.63) is 18.5 Å². The topological polar surface area (TPSA) is 61.3 Å². The molecule has 0 saturated heterocycles. The van der Waals surface area contributed by atoms with E-state index in [9.17, 15) is 4.57 Å². The van der Waals surface area contributed by atoms with Crippen molar-refractivity contribution < 1.29 is 13.6 Å². The lowest BCUT2D eigenvalue weighted by atomic mass is 10.7. The molecular weight excluding hydrogens is 203 g/mol. The van der Waals surface area contributed by atoms with E-state index < -0.39 is 7.60 Å². The largest absolute Gasteiger partial charge is 0.398 e. The highest BCUT2D eigenvalue weighted by molar-refractivity contribution is 7.61. The predicted molar refractivity (Wildman–Crippen MR) is 52.5 cm³/mol. The van der Waals surface area contributed by atoms with Crippen LogP contribution in [0.25, 0.3) is 0 Å². The SMILES string of the molecule is CCOP(=O)(OCC)c1ncccn1. The summed E-state index contributed by atoms with van der Waals surface area (Å²) in [6.45, 7) is 4.09. The highest BCUT2D eigenvalue weighted by Crippen LogP contribution is 2.45. The molecule has 78 valence electrons. The normalized spacial score (nSPS) is 11.6. The van der Waals surface area contributed by atoms with E-state index in [2.05, 4.69) is 9.97 Å². The number of nitrogens with zero attached hydrogens (tertiary/aromatic N) is 2. The maximum Gasteiger partial charge on any atom is 0.398 e. The van der Waals surface area contributed by atoms with Crippen LogP contribution in [0.1, 0.15) is 13.8 Å². The van der Waals surface area contributed by atoms with Crippen LogP contribution in [0.15, 0.2) is 18.5 Å². The van der Waals surface area contributed by atoms with Gasteiger partial charge in [0.05, 0.1) is 13.2 Å². The molecule has 0 bridgehead atoms. The van der Waals surface area contributed by atoms with Crippen LogP contribution < -0.4 is 5.57 Å². The van der Waals surface area contributed by atoms with Crippen molar-refractivity contribution in [1.82, 2.24) is 9.97 Å². The molecule has 0 aliphatic carbocycles. The molecule has 0 aliphatic heterocycles. The Balaban J connectivity index is 2.94. The van der Waals surface area contributed by atoms with Crippen molar-refractivity contribution in [2.24, 2.45) is 0 Å². The van der Waals surface area contributed by atoms with Crippen molar-refractivity contribution in [1.29, 1.82) is 0 Å². The maximum absolute atomic E-state index is 12.0. The second kappa shape index (κ2) is 5.20. The van der Waals surface area contributed by atoms with Gasteiger partial charge in [-0.05, 0) is 19.9 Å². The fourth-order valence-electron chi connectivity index (χ4n) is 0.925. The first-order valence-corrected chi connectivity index (χ1v) is 5.94. The van der Waals surface area contributed by atoms with Crippen molar-refractivity contribution >= 4 is 13.2 Å². The van der Waals surface area contributed by atoms with Crippen LogP contribution in [0.5, 0.6) is 0 Å². The van der Waals surface area contributed by atoms with Crippen LogP contribution in [-0.2, 0) is 13.6 Å². The van der Waals surface area contributed by atoms with E-state index in [1.165, 1.54) is 12.4 Å². The molecule has 1 aromatic rings. The Labute approximate surface area is 83.0 Å². The van der Waals surface area contributed by atoms with Crippen LogP contribution in [0, 0.1) is 0 Å². The molecule has 0 radical (unpaired) electrons. The minimum Gasteiger partial charge on any atom is -0.303 e. The van der Waals surface area contributed by atoms with Gasteiger partial charge in [-0.15, -0.1) is 0 Å². The summed E-state index contributed by atoms with van der Waals surface area (Å²) >= 11 is 0. The summed E-state index contributed by atoms with van der Waals surface area (Å²) in [7, 11) is -3.29. The van der Waals surface area contributed by atoms with Gasteiger partial charge in [0, 0.05) is 12.4 Å². The second-order valence-corrected chi connectivity index (χ2v) is 4.29. The van der Waals surface area contributed by atoms with Gasteiger partial charge in [-0.3, -0.25) is 4.57 Å². The first-order valence-electron chi connectivity index (χ1n) is 4.39. The molecule has 0 fully saturated rings. The first kappa shape index (κ1) is 11.3. The van der Waals surface area contributed by atoms with Gasteiger partial charge in [-0.1, -0.05) is 0 Å². The van der Waals surface area contributed by atoms with E-state index in [0.717, 1.165) is 0 Å². The number of aromatic nitrogens is 2. The fourth-order valence-corrected chi connectivity index (χ4v) is 2.33. The zero-order chi connectivity index (χ0) is 10.4. The third-order valence-corrected chi connectivity index (χ3v) is 3.31. The van der Waals surface area contributed by atoms with E-state index >= 15 is 0 Å². The molecule has 6 heteroatoms. The van der Waals surface area contributed by atoms with Gasteiger partial charge >= 0.3 is 7.60 Å². The Morgan fingerprint density at radius 2 is 1.71 bits per heavy atom. The quantitative estimate of drug-likeness (QED) is 0.695. The summed E-state index contributed by atoms with van der Waals surface area (Å²) in [4.78, 5) is 7.73. The van der Waals surface area contributed by atoms with Crippen LogP contribution in [0.4, 0.5) is 0 Å². The van der Waals surface area contributed by atoms with Gasteiger partial charge < -0.3 is 9.05 Å². The number of hydrogen-bond acceptors (Lipinski definition) is 5. The highest BCUT2D eigenvalue weighted by atomic mass is 31.2. The summed E-state index contributed by atoms with van der Waals surface area (Å²) < 4.78 is 22.2. The second-order valence-electron chi connectivity index (χ2n) is 2.38. The monoisotopic (exact) mass is 216 g/mol. The summed E-state index contributed by atoms with van der Waals surface area (Å²) in [5.74, 6) is 0. The average Bonchev–Trinajstić information content (AvgIpc) is 2.20. The van der Waals surface area contributed by atoms with Gasteiger partial charge in [0.1, 0.15) is 0 Å². The first-order chi connectivity index (χ1) is 6.73. The third kappa shape index (κ3) is 2.61. The molecule has 1 heterocycles. The molecule has 14 heavy (non-hydrogen) atoms.